The number of nitrogens with one attached hydrogen (secondary N) is 1. The molecule has 0 fully saturated rings. The van der Waals surface area contributed by atoms with Crippen molar-refractivity contribution in [2.75, 3.05) is 6.61 Å². The minimum absolute atomic E-state index is 0.0503. The van der Waals surface area contributed by atoms with E-state index in [1.165, 1.54) is 31.2 Å². The van der Waals surface area contributed by atoms with E-state index in [0.29, 0.717) is 0 Å². The summed E-state index contributed by atoms with van der Waals surface area (Å²) in [6, 6.07) is 4.54. The number of nitro benzene ring substituents is 1. The molecular weight excluding hydrogens is 256 g/mol. The van der Waals surface area contributed by atoms with Crippen molar-refractivity contribution in [3.05, 3.63) is 34.4 Å². The average Bonchev–Trinajstić information content (AvgIpc) is 2.36. The van der Waals surface area contributed by atoms with E-state index in [2.05, 4.69) is 5.32 Å². The number of carboxylic acids is 1. The van der Waals surface area contributed by atoms with Crippen molar-refractivity contribution in [2.24, 2.45) is 0 Å². The first kappa shape index (κ1) is 14.4. The number of rotatable bonds is 6. The third-order valence-electron chi connectivity index (χ3n) is 2.17. The summed E-state index contributed by atoms with van der Waals surface area (Å²) >= 11 is 0. The molecule has 1 aromatic rings. The minimum atomic E-state index is -1.18. The number of benzene rings is 1. The topological polar surface area (TPSA) is 119 Å². The van der Waals surface area contributed by atoms with Crippen LogP contribution in [-0.2, 0) is 9.59 Å². The molecule has 0 bridgehead atoms. The van der Waals surface area contributed by atoms with Crippen LogP contribution in [0.2, 0.25) is 0 Å². The summed E-state index contributed by atoms with van der Waals surface area (Å²) in [6.45, 7) is 0.799. The number of aliphatic carboxylic acids is 1. The van der Waals surface area contributed by atoms with Crippen LogP contribution in [0.3, 0.4) is 0 Å². The second-order valence-corrected chi connectivity index (χ2v) is 3.64. The van der Waals surface area contributed by atoms with E-state index in [-0.39, 0.29) is 11.4 Å². The number of hydrogen-bond donors (Lipinski definition) is 2. The van der Waals surface area contributed by atoms with Crippen molar-refractivity contribution in [1.29, 1.82) is 0 Å². The molecule has 0 heterocycles. The van der Waals surface area contributed by atoms with E-state index in [9.17, 15) is 19.7 Å². The van der Waals surface area contributed by atoms with Crippen LogP contribution >= 0.6 is 0 Å². The number of nitrogens with zero attached hydrogens (tertiary/aromatic N) is 1. The lowest BCUT2D eigenvalue weighted by Crippen LogP contribution is -2.40. The van der Waals surface area contributed by atoms with Gasteiger partial charge in [0.05, 0.1) is 4.92 Å². The zero-order valence-electron chi connectivity index (χ0n) is 10.0. The van der Waals surface area contributed by atoms with Gasteiger partial charge in [-0.1, -0.05) is 12.1 Å². The summed E-state index contributed by atoms with van der Waals surface area (Å²) in [6.07, 6.45) is 0. The molecule has 1 amide bonds. The summed E-state index contributed by atoms with van der Waals surface area (Å²) in [4.78, 5) is 31.9. The van der Waals surface area contributed by atoms with Crippen LogP contribution in [0.15, 0.2) is 24.3 Å². The zero-order valence-corrected chi connectivity index (χ0v) is 10.0. The molecule has 0 aliphatic heterocycles. The standard InChI is InChI=1S/C11H12N2O6/c1-7(11(15)16)12-10(14)6-19-9-5-3-2-4-8(9)13(17)18/h2-5,7H,6H2,1H3,(H,12,14)(H,15,16). The molecule has 0 saturated carbocycles. The van der Waals surface area contributed by atoms with Gasteiger partial charge in [0.1, 0.15) is 6.04 Å². The molecule has 102 valence electrons. The lowest BCUT2D eigenvalue weighted by Gasteiger charge is -2.10. The highest BCUT2D eigenvalue weighted by atomic mass is 16.6. The fourth-order valence-electron chi connectivity index (χ4n) is 1.22. The Balaban J connectivity index is 2.60. The molecule has 1 unspecified atom stereocenters. The van der Waals surface area contributed by atoms with Gasteiger partial charge < -0.3 is 15.2 Å². The summed E-state index contributed by atoms with van der Waals surface area (Å²) in [5, 5.41) is 21.4. The van der Waals surface area contributed by atoms with Crippen molar-refractivity contribution < 1.29 is 24.4 Å². The Bertz CT molecular complexity index is 502. The van der Waals surface area contributed by atoms with Gasteiger partial charge in [-0.3, -0.25) is 19.7 Å². The summed E-state index contributed by atoms with van der Waals surface area (Å²) in [5.41, 5.74) is -0.262. The Labute approximate surface area is 108 Å². The maximum Gasteiger partial charge on any atom is 0.325 e. The van der Waals surface area contributed by atoms with Gasteiger partial charge in [0.25, 0.3) is 5.91 Å². The van der Waals surface area contributed by atoms with E-state index in [4.69, 9.17) is 9.84 Å². The number of amides is 1. The van der Waals surface area contributed by atoms with Crippen LogP contribution in [-0.4, -0.2) is 34.6 Å². The van der Waals surface area contributed by atoms with E-state index < -0.39 is 29.4 Å². The number of ether oxygens (including phenoxy) is 1. The van der Waals surface area contributed by atoms with E-state index in [1.807, 2.05) is 0 Å². The minimum Gasteiger partial charge on any atom is -0.480 e. The molecule has 1 aromatic carbocycles. The van der Waals surface area contributed by atoms with E-state index >= 15 is 0 Å². The Morgan fingerprint density at radius 1 is 1.47 bits per heavy atom. The number of carboxylic acid groups (broad SMARTS) is 1. The highest BCUT2D eigenvalue weighted by Gasteiger charge is 2.17. The van der Waals surface area contributed by atoms with Gasteiger partial charge in [0, 0.05) is 6.07 Å². The second-order valence-electron chi connectivity index (χ2n) is 3.64. The number of nitro groups is 1. The van der Waals surface area contributed by atoms with Crippen molar-refractivity contribution in [3.63, 3.8) is 0 Å². The maximum atomic E-state index is 11.3. The third-order valence-corrected chi connectivity index (χ3v) is 2.17. The predicted octanol–water partition coefficient (Wildman–Crippen LogP) is 0.563. The molecule has 0 spiro atoms. The van der Waals surface area contributed by atoms with Gasteiger partial charge in [-0.2, -0.15) is 0 Å². The second kappa shape index (κ2) is 6.34. The number of carbonyl (C=O) groups excluding carboxylic acids is 1. The summed E-state index contributed by atoms with van der Waals surface area (Å²) < 4.78 is 4.99. The van der Waals surface area contributed by atoms with Crippen LogP contribution in [0.1, 0.15) is 6.92 Å². The van der Waals surface area contributed by atoms with Gasteiger partial charge in [-0.25, -0.2) is 0 Å². The average molecular weight is 268 g/mol. The van der Waals surface area contributed by atoms with E-state index in [0.717, 1.165) is 0 Å². The molecule has 0 saturated heterocycles. The molecule has 0 radical (unpaired) electrons. The largest absolute Gasteiger partial charge is 0.480 e. The summed E-state index contributed by atoms with van der Waals surface area (Å²) in [7, 11) is 0. The van der Waals surface area contributed by atoms with Crippen LogP contribution in [0.5, 0.6) is 5.75 Å². The highest BCUT2D eigenvalue weighted by Crippen LogP contribution is 2.25. The van der Waals surface area contributed by atoms with Crippen LogP contribution in [0.4, 0.5) is 5.69 Å². The summed E-state index contributed by atoms with van der Waals surface area (Å²) in [5.74, 6) is -1.90. The van der Waals surface area contributed by atoms with Crippen LogP contribution < -0.4 is 10.1 Å². The molecule has 8 nitrogen and oxygen atoms in total. The highest BCUT2D eigenvalue weighted by molar-refractivity contribution is 5.84. The molecular formula is C11H12N2O6. The molecule has 0 aliphatic carbocycles. The monoisotopic (exact) mass is 268 g/mol. The lowest BCUT2D eigenvalue weighted by atomic mass is 10.3. The van der Waals surface area contributed by atoms with Crippen LogP contribution in [0.25, 0.3) is 0 Å². The van der Waals surface area contributed by atoms with Gasteiger partial charge in [0.2, 0.25) is 0 Å². The van der Waals surface area contributed by atoms with Gasteiger partial charge in [-0.05, 0) is 13.0 Å². The quantitative estimate of drug-likeness (QED) is 0.574. The molecule has 0 aliphatic rings. The Morgan fingerprint density at radius 2 is 2.11 bits per heavy atom. The van der Waals surface area contributed by atoms with Crippen LogP contribution in [0, 0.1) is 10.1 Å². The third kappa shape index (κ3) is 4.26. The van der Waals surface area contributed by atoms with E-state index in [1.54, 1.807) is 0 Å². The molecule has 1 atom stereocenters. The normalized spacial score (nSPS) is 11.4. The smallest absolute Gasteiger partial charge is 0.325 e. The first-order chi connectivity index (χ1) is 8.91. The number of para-hydroxylation sites is 2. The Morgan fingerprint density at radius 3 is 2.68 bits per heavy atom. The predicted molar refractivity (Wildman–Crippen MR) is 63.8 cm³/mol. The first-order valence-corrected chi connectivity index (χ1v) is 5.30. The Hall–Kier alpha value is -2.64. The lowest BCUT2D eigenvalue weighted by molar-refractivity contribution is -0.385. The van der Waals surface area contributed by atoms with Gasteiger partial charge >= 0.3 is 11.7 Å². The van der Waals surface area contributed by atoms with Crippen molar-refractivity contribution in [3.8, 4) is 5.75 Å². The number of hydrogen-bond acceptors (Lipinski definition) is 5. The van der Waals surface area contributed by atoms with Crippen molar-refractivity contribution >= 4 is 17.6 Å². The van der Waals surface area contributed by atoms with Gasteiger partial charge in [-0.15, -0.1) is 0 Å². The maximum absolute atomic E-state index is 11.3. The molecule has 0 aromatic heterocycles. The number of carbonyl (C=O) groups is 2. The SMILES string of the molecule is CC(NC(=O)COc1ccccc1[N+](=O)[O-])C(=O)O. The molecule has 2 N–H and O–H groups in total. The zero-order chi connectivity index (χ0) is 14.4. The molecule has 1 rings (SSSR count). The fraction of sp³-hybridized carbons (Fsp3) is 0.273. The van der Waals surface area contributed by atoms with Crippen molar-refractivity contribution in [2.45, 2.75) is 13.0 Å². The van der Waals surface area contributed by atoms with Gasteiger partial charge in [0.15, 0.2) is 12.4 Å². The van der Waals surface area contributed by atoms with Crippen molar-refractivity contribution in [1.82, 2.24) is 5.32 Å². The first-order valence-electron chi connectivity index (χ1n) is 5.30. The molecule has 19 heavy (non-hydrogen) atoms. The fourth-order valence-corrected chi connectivity index (χ4v) is 1.22. The molecule has 8 heteroatoms. The Kier molecular flexibility index (Phi) is 4.81.